The summed E-state index contributed by atoms with van der Waals surface area (Å²) in [7, 11) is 14.6. The van der Waals surface area contributed by atoms with Gasteiger partial charge in [-0.1, -0.05) is 0 Å². The Kier molecular flexibility index (Phi) is 8.32. The predicted molar refractivity (Wildman–Crippen MR) is 116 cm³/mol. The average molecular weight is 416 g/mol. The summed E-state index contributed by atoms with van der Waals surface area (Å²) >= 11 is 1.81. The van der Waals surface area contributed by atoms with Crippen LogP contribution in [0.4, 0.5) is 0 Å². The zero-order valence-electron chi connectivity index (χ0n) is 19.1. The maximum atomic E-state index is 11.5. The molecule has 7 nitrogen and oxygen atoms in total. The molecule has 0 spiro atoms. The van der Waals surface area contributed by atoms with Crippen LogP contribution < -0.4 is 0 Å². The smallest absolute Gasteiger partial charge is 0.367 e. The molecule has 0 fully saturated rings. The third-order valence-corrected chi connectivity index (χ3v) is 5.88. The van der Waals surface area contributed by atoms with Crippen LogP contribution >= 0.6 is 11.8 Å². The molecular weight excluding hydrogens is 376 g/mol. The molecule has 0 amide bonds. The lowest BCUT2D eigenvalue weighted by Gasteiger charge is -2.38. The van der Waals surface area contributed by atoms with Gasteiger partial charge in [-0.3, -0.25) is 10.1 Å². The quantitative estimate of drug-likeness (QED) is 0.241. The van der Waals surface area contributed by atoms with Crippen molar-refractivity contribution in [3.63, 3.8) is 0 Å². The molecule has 0 aliphatic heterocycles. The number of nitro groups is 1. The van der Waals surface area contributed by atoms with Crippen LogP contribution in [-0.4, -0.2) is 86.5 Å². The van der Waals surface area contributed by atoms with Crippen molar-refractivity contribution in [3.05, 3.63) is 45.3 Å². The van der Waals surface area contributed by atoms with Gasteiger partial charge in [-0.25, -0.2) is 8.97 Å². The van der Waals surface area contributed by atoms with E-state index in [1.165, 1.54) is 0 Å². The van der Waals surface area contributed by atoms with E-state index in [0.717, 1.165) is 53.0 Å². The van der Waals surface area contributed by atoms with Gasteiger partial charge in [0.2, 0.25) is 0 Å². The second-order valence-electron chi connectivity index (χ2n) is 9.44. The lowest BCUT2D eigenvalue weighted by molar-refractivity contribution is -1.01. The van der Waals surface area contributed by atoms with Gasteiger partial charge in [0.15, 0.2) is 5.76 Å². The monoisotopic (exact) mass is 415 g/mol. The van der Waals surface area contributed by atoms with Crippen molar-refractivity contribution in [2.75, 3.05) is 68.2 Å². The van der Waals surface area contributed by atoms with Crippen LogP contribution in [0.5, 0.6) is 0 Å². The van der Waals surface area contributed by atoms with Crippen molar-refractivity contribution >= 4 is 11.8 Å². The fraction of sp³-hybridized carbons (Fsp3) is 0.700. The zero-order valence-corrected chi connectivity index (χ0v) is 19.9. The largest absolute Gasteiger partial charge is 0.459 e. The Bertz CT molecular complexity index is 703. The second-order valence-corrected chi connectivity index (χ2v) is 10.6. The van der Waals surface area contributed by atoms with Crippen LogP contribution in [0, 0.1) is 10.1 Å². The van der Waals surface area contributed by atoms with E-state index in [9.17, 15) is 10.1 Å². The highest BCUT2D eigenvalue weighted by molar-refractivity contribution is 7.98. The molecule has 0 unspecified atom stereocenters. The minimum atomic E-state index is -0.254. The van der Waals surface area contributed by atoms with Gasteiger partial charge in [0.05, 0.1) is 73.1 Å². The Morgan fingerprint density at radius 3 is 2.14 bits per heavy atom. The molecule has 0 saturated heterocycles. The summed E-state index contributed by atoms with van der Waals surface area (Å²) in [4.78, 5) is 11.2. The SMILES string of the molecule is CC[N+](C)(C)C(=C(C)[N+](=O)[O-])[N+](C)(C)CCSCc1ccc(C[N+](C)(C)C)o1. The highest BCUT2D eigenvalue weighted by Crippen LogP contribution is 2.26. The molecule has 0 radical (unpaired) electrons. The van der Waals surface area contributed by atoms with E-state index in [0.29, 0.717) is 8.97 Å². The molecule has 28 heavy (non-hydrogen) atoms. The number of hydrogen-bond donors (Lipinski definition) is 0. The minimum Gasteiger partial charge on any atom is -0.459 e. The van der Waals surface area contributed by atoms with Gasteiger partial charge in [-0.2, -0.15) is 0 Å². The van der Waals surface area contributed by atoms with Gasteiger partial charge >= 0.3 is 11.5 Å². The zero-order chi connectivity index (χ0) is 21.8. The lowest BCUT2D eigenvalue weighted by atomic mass is 10.3. The number of allylic oxidation sites excluding steroid dienone is 1. The average Bonchev–Trinajstić information content (AvgIpc) is 2.96. The van der Waals surface area contributed by atoms with Crippen LogP contribution in [0.2, 0.25) is 0 Å². The Balaban J connectivity index is 2.74. The van der Waals surface area contributed by atoms with E-state index in [1.807, 2.05) is 14.1 Å². The molecule has 160 valence electrons. The summed E-state index contributed by atoms with van der Waals surface area (Å²) in [5, 5.41) is 11.5. The molecule has 0 aliphatic carbocycles. The Morgan fingerprint density at radius 1 is 1.07 bits per heavy atom. The standard InChI is InChI=1S/C20H39N4O3S/c1-10-23(6,7)20(17(2)21(25)26)24(8,9)13-14-28-16-19-12-11-18(27-19)15-22(3,4)5/h11-12H,10,13-16H2,1-9H3/q+3. The number of nitrogens with zero attached hydrogens (tertiary/aromatic N) is 4. The van der Waals surface area contributed by atoms with Crippen molar-refractivity contribution in [2.45, 2.75) is 26.1 Å². The normalized spacial score (nSPS) is 14.2. The first-order chi connectivity index (χ1) is 12.7. The Labute approximate surface area is 174 Å². The van der Waals surface area contributed by atoms with Crippen molar-refractivity contribution < 1.29 is 22.8 Å². The fourth-order valence-corrected chi connectivity index (χ4v) is 4.55. The predicted octanol–water partition coefficient (Wildman–Crippen LogP) is 3.36. The molecule has 0 aromatic carbocycles. The van der Waals surface area contributed by atoms with Gasteiger partial charge in [-0.05, 0) is 19.1 Å². The van der Waals surface area contributed by atoms with Gasteiger partial charge < -0.3 is 8.90 Å². The molecule has 0 aliphatic rings. The van der Waals surface area contributed by atoms with E-state index >= 15 is 0 Å². The van der Waals surface area contributed by atoms with E-state index in [-0.39, 0.29) is 10.6 Å². The van der Waals surface area contributed by atoms with Crippen LogP contribution in [0.3, 0.4) is 0 Å². The molecule has 1 aromatic rings. The summed E-state index contributed by atoms with van der Waals surface area (Å²) in [5.41, 5.74) is 0.248. The molecule has 0 bridgehead atoms. The molecule has 1 rings (SSSR count). The Hall–Kier alpha value is -1.35. The summed E-state index contributed by atoms with van der Waals surface area (Å²) in [6.07, 6.45) is 0. The number of hydrogen-bond acceptors (Lipinski definition) is 4. The number of quaternary nitrogens is 3. The van der Waals surface area contributed by atoms with Crippen molar-refractivity contribution in [3.8, 4) is 0 Å². The molecule has 0 atom stereocenters. The first kappa shape index (κ1) is 24.7. The van der Waals surface area contributed by atoms with Gasteiger partial charge in [-0.15, -0.1) is 11.8 Å². The van der Waals surface area contributed by atoms with Crippen LogP contribution in [0.25, 0.3) is 0 Å². The molecule has 1 aromatic heterocycles. The van der Waals surface area contributed by atoms with Gasteiger partial charge in [0.1, 0.15) is 12.3 Å². The number of rotatable bonds is 11. The molecular formula is C20H39N4O3S+3. The lowest BCUT2D eigenvalue weighted by Crippen LogP contribution is -2.55. The van der Waals surface area contributed by atoms with Crippen LogP contribution in [0.1, 0.15) is 25.4 Å². The van der Waals surface area contributed by atoms with E-state index < -0.39 is 0 Å². The number of thioether (sulfide) groups is 1. The van der Waals surface area contributed by atoms with Gasteiger partial charge in [0.25, 0.3) is 0 Å². The van der Waals surface area contributed by atoms with Crippen molar-refractivity contribution in [1.29, 1.82) is 0 Å². The van der Waals surface area contributed by atoms with Gasteiger partial charge in [0, 0.05) is 12.7 Å². The van der Waals surface area contributed by atoms with Crippen LogP contribution in [0.15, 0.2) is 28.1 Å². The van der Waals surface area contributed by atoms with Crippen molar-refractivity contribution in [2.24, 2.45) is 0 Å². The summed E-state index contributed by atoms with van der Waals surface area (Å²) in [5.74, 6) is 4.55. The topological polar surface area (TPSA) is 56.3 Å². The minimum absolute atomic E-state index is 0.248. The second kappa shape index (κ2) is 9.43. The third-order valence-electron chi connectivity index (χ3n) is 4.92. The summed E-state index contributed by atoms with van der Waals surface area (Å²) in [6, 6.07) is 4.11. The maximum absolute atomic E-state index is 11.5. The molecule has 8 heteroatoms. The highest BCUT2D eigenvalue weighted by atomic mass is 32.2. The van der Waals surface area contributed by atoms with E-state index in [2.05, 4.69) is 54.3 Å². The Morgan fingerprint density at radius 2 is 1.64 bits per heavy atom. The third kappa shape index (κ3) is 7.24. The summed E-state index contributed by atoms with van der Waals surface area (Å²) < 4.78 is 7.79. The van der Waals surface area contributed by atoms with Crippen LogP contribution in [-0.2, 0) is 12.3 Å². The number of furan rings is 1. The first-order valence-corrected chi connectivity index (χ1v) is 10.8. The molecule has 1 heterocycles. The highest BCUT2D eigenvalue weighted by Gasteiger charge is 2.43. The maximum Gasteiger partial charge on any atom is 0.367 e. The van der Waals surface area contributed by atoms with E-state index in [4.69, 9.17) is 4.42 Å². The fourth-order valence-electron chi connectivity index (χ4n) is 3.46. The van der Waals surface area contributed by atoms with Crippen molar-refractivity contribution in [1.82, 2.24) is 0 Å². The molecule has 0 saturated carbocycles. The summed E-state index contributed by atoms with van der Waals surface area (Å²) in [6.45, 7) is 6.17. The van der Waals surface area contributed by atoms with E-state index in [1.54, 1.807) is 18.7 Å². The first-order valence-electron chi connectivity index (χ1n) is 9.68. The molecule has 0 N–H and O–H groups in total.